The van der Waals surface area contributed by atoms with Gasteiger partial charge in [0, 0.05) is 19.2 Å². The lowest BCUT2D eigenvalue weighted by Gasteiger charge is -2.12. The molecule has 0 radical (unpaired) electrons. The third-order valence-corrected chi connectivity index (χ3v) is 3.18. The van der Waals surface area contributed by atoms with Crippen molar-refractivity contribution < 1.29 is 14.3 Å². The fourth-order valence-corrected chi connectivity index (χ4v) is 2.08. The van der Waals surface area contributed by atoms with E-state index in [1.165, 1.54) is 7.11 Å². The monoisotopic (exact) mass is 300 g/mol. The Labute approximate surface area is 108 Å². The van der Waals surface area contributed by atoms with Gasteiger partial charge in [0.2, 0.25) is 5.88 Å². The van der Waals surface area contributed by atoms with E-state index in [4.69, 9.17) is 4.74 Å². The largest absolute Gasteiger partial charge is 0.472 e. The Morgan fingerprint density at radius 3 is 3.18 bits per heavy atom. The molecule has 5 nitrogen and oxygen atoms in total. The molecule has 1 aliphatic heterocycles. The summed E-state index contributed by atoms with van der Waals surface area (Å²) < 4.78 is 11.2. The predicted octanol–water partition coefficient (Wildman–Crippen LogP) is 1.13. The molecule has 0 bridgehead atoms. The number of carbonyl (C=O) groups is 1. The molecule has 0 amide bonds. The minimum absolute atomic E-state index is 0.0645. The maximum Gasteiger partial charge on any atom is 0.323 e. The summed E-state index contributed by atoms with van der Waals surface area (Å²) in [6, 6.07) is 3.40. The van der Waals surface area contributed by atoms with E-state index in [1.807, 2.05) is 12.1 Å². The summed E-state index contributed by atoms with van der Waals surface area (Å²) in [5.74, 6) is 0.293. The smallest absolute Gasteiger partial charge is 0.323 e. The van der Waals surface area contributed by atoms with E-state index >= 15 is 0 Å². The molecule has 17 heavy (non-hydrogen) atoms. The van der Waals surface area contributed by atoms with Crippen LogP contribution in [0, 0.1) is 0 Å². The van der Waals surface area contributed by atoms with E-state index in [0.29, 0.717) is 18.8 Å². The highest BCUT2D eigenvalue weighted by Gasteiger charge is 2.31. The van der Waals surface area contributed by atoms with E-state index in [-0.39, 0.29) is 18.1 Å². The predicted molar refractivity (Wildman–Crippen MR) is 64.8 cm³/mol. The Balaban J connectivity index is 1.94. The first-order chi connectivity index (χ1) is 8.20. The number of pyridine rings is 1. The molecule has 2 atom stereocenters. The quantitative estimate of drug-likeness (QED) is 0.848. The number of nitrogens with zero attached hydrogens (tertiary/aromatic N) is 1. The van der Waals surface area contributed by atoms with Gasteiger partial charge >= 0.3 is 5.97 Å². The minimum atomic E-state index is -0.285. The van der Waals surface area contributed by atoms with Crippen LogP contribution in [0.5, 0.6) is 5.88 Å². The maximum atomic E-state index is 11.3. The van der Waals surface area contributed by atoms with Crippen LogP contribution in [-0.4, -0.2) is 36.8 Å². The summed E-state index contributed by atoms with van der Waals surface area (Å²) in [7, 11) is 1.38. The number of halogens is 1. The molecule has 6 heteroatoms. The number of aromatic nitrogens is 1. The summed E-state index contributed by atoms with van der Waals surface area (Å²) in [6.45, 7) is 0.614. The zero-order chi connectivity index (χ0) is 12.3. The fourth-order valence-electron chi connectivity index (χ4n) is 1.73. The Morgan fingerprint density at radius 2 is 2.47 bits per heavy atom. The lowest BCUT2D eigenvalue weighted by molar-refractivity contribution is -0.142. The summed E-state index contributed by atoms with van der Waals surface area (Å²) in [6.07, 6.45) is 2.20. The molecule has 1 saturated heterocycles. The fraction of sp³-hybridized carbons (Fsp3) is 0.455. The Bertz CT molecular complexity index is 413. The number of hydrogen-bond donors (Lipinski definition) is 1. The van der Waals surface area contributed by atoms with Crippen molar-refractivity contribution in [3.8, 4) is 5.88 Å². The Hall–Kier alpha value is -1.14. The highest BCUT2D eigenvalue weighted by atomic mass is 79.9. The van der Waals surface area contributed by atoms with Gasteiger partial charge in [-0.05, 0) is 28.1 Å². The molecule has 0 saturated carbocycles. The molecular formula is C11H13BrN2O3. The lowest BCUT2D eigenvalue weighted by atomic mass is 10.2. The van der Waals surface area contributed by atoms with E-state index in [1.54, 1.807) is 6.20 Å². The van der Waals surface area contributed by atoms with Gasteiger partial charge in [-0.3, -0.25) is 4.79 Å². The first-order valence-corrected chi connectivity index (χ1v) is 6.08. The molecule has 1 N–H and O–H groups in total. The number of esters is 1. The zero-order valence-electron chi connectivity index (χ0n) is 9.35. The molecule has 2 rings (SSSR count). The SMILES string of the molecule is COC(=O)C1CC(Oc2ncccc2Br)CN1. The molecule has 1 fully saturated rings. The molecule has 1 aromatic rings. The highest BCUT2D eigenvalue weighted by molar-refractivity contribution is 9.10. The van der Waals surface area contributed by atoms with E-state index in [9.17, 15) is 4.79 Å². The molecule has 92 valence electrons. The van der Waals surface area contributed by atoms with Crippen molar-refractivity contribution in [2.75, 3.05) is 13.7 Å². The third-order valence-electron chi connectivity index (χ3n) is 2.58. The van der Waals surface area contributed by atoms with Crippen LogP contribution in [0.2, 0.25) is 0 Å². The van der Waals surface area contributed by atoms with E-state index < -0.39 is 0 Å². The van der Waals surface area contributed by atoms with Crippen LogP contribution in [0.15, 0.2) is 22.8 Å². The van der Waals surface area contributed by atoms with Gasteiger partial charge in [0.15, 0.2) is 0 Å². The number of hydrogen-bond acceptors (Lipinski definition) is 5. The van der Waals surface area contributed by atoms with Crippen LogP contribution in [0.1, 0.15) is 6.42 Å². The van der Waals surface area contributed by atoms with Crippen molar-refractivity contribution in [1.82, 2.24) is 10.3 Å². The van der Waals surface area contributed by atoms with Gasteiger partial charge in [-0.15, -0.1) is 0 Å². The molecule has 1 aliphatic rings. The number of methoxy groups -OCH3 is 1. The molecule has 0 spiro atoms. The third kappa shape index (κ3) is 2.95. The minimum Gasteiger partial charge on any atom is -0.472 e. The first-order valence-electron chi connectivity index (χ1n) is 5.29. The van der Waals surface area contributed by atoms with Crippen molar-refractivity contribution in [2.24, 2.45) is 0 Å². The summed E-state index contributed by atoms with van der Waals surface area (Å²) in [5, 5.41) is 3.05. The van der Waals surface area contributed by atoms with Crippen molar-refractivity contribution in [3.05, 3.63) is 22.8 Å². The summed E-state index contributed by atoms with van der Waals surface area (Å²) in [4.78, 5) is 15.4. The van der Waals surface area contributed by atoms with Crippen LogP contribution in [0.25, 0.3) is 0 Å². The van der Waals surface area contributed by atoms with Crippen molar-refractivity contribution >= 4 is 21.9 Å². The van der Waals surface area contributed by atoms with E-state index in [2.05, 4.69) is 31.0 Å². The average Bonchev–Trinajstić information content (AvgIpc) is 2.80. The van der Waals surface area contributed by atoms with Gasteiger partial charge in [0.25, 0.3) is 0 Å². The Kier molecular flexibility index (Phi) is 3.96. The second-order valence-corrected chi connectivity index (χ2v) is 4.60. The molecular weight excluding hydrogens is 288 g/mol. The van der Waals surface area contributed by atoms with Crippen LogP contribution < -0.4 is 10.1 Å². The summed E-state index contributed by atoms with van der Waals surface area (Å²) >= 11 is 3.36. The summed E-state index contributed by atoms with van der Waals surface area (Å²) in [5.41, 5.74) is 0. The number of nitrogens with one attached hydrogen (secondary N) is 1. The van der Waals surface area contributed by atoms with Gasteiger partial charge in [-0.2, -0.15) is 0 Å². The van der Waals surface area contributed by atoms with Crippen LogP contribution in [-0.2, 0) is 9.53 Å². The second-order valence-electron chi connectivity index (χ2n) is 3.75. The maximum absolute atomic E-state index is 11.3. The second kappa shape index (κ2) is 5.46. The van der Waals surface area contributed by atoms with Crippen LogP contribution in [0.3, 0.4) is 0 Å². The molecule has 0 aliphatic carbocycles. The van der Waals surface area contributed by atoms with Crippen molar-refractivity contribution in [3.63, 3.8) is 0 Å². The van der Waals surface area contributed by atoms with Gasteiger partial charge in [-0.25, -0.2) is 4.98 Å². The van der Waals surface area contributed by atoms with Gasteiger partial charge in [0.05, 0.1) is 11.6 Å². The lowest BCUT2D eigenvalue weighted by Crippen LogP contribution is -2.31. The van der Waals surface area contributed by atoms with Crippen LogP contribution in [0.4, 0.5) is 0 Å². The highest BCUT2D eigenvalue weighted by Crippen LogP contribution is 2.24. The van der Waals surface area contributed by atoms with Gasteiger partial charge in [0.1, 0.15) is 12.1 Å². The number of ether oxygens (including phenoxy) is 2. The normalized spacial score (nSPS) is 23.4. The Morgan fingerprint density at radius 1 is 1.65 bits per heavy atom. The molecule has 0 aromatic carbocycles. The molecule has 1 aromatic heterocycles. The number of rotatable bonds is 3. The van der Waals surface area contributed by atoms with Gasteiger partial charge < -0.3 is 14.8 Å². The zero-order valence-corrected chi connectivity index (χ0v) is 10.9. The topological polar surface area (TPSA) is 60.5 Å². The van der Waals surface area contributed by atoms with Gasteiger partial charge in [-0.1, -0.05) is 0 Å². The van der Waals surface area contributed by atoms with Crippen molar-refractivity contribution in [1.29, 1.82) is 0 Å². The standard InChI is InChI=1S/C11H13BrN2O3/c1-16-11(15)9-5-7(6-14-9)17-10-8(12)3-2-4-13-10/h2-4,7,9,14H,5-6H2,1H3. The van der Waals surface area contributed by atoms with Crippen LogP contribution >= 0.6 is 15.9 Å². The van der Waals surface area contributed by atoms with Crippen molar-refractivity contribution in [2.45, 2.75) is 18.6 Å². The molecule has 2 unspecified atom stereocenters. The molecule has 2 heterocycles. The first kappa shape index (κ1) is 12.3. The van der Waals surface area contributed by atoms with E-state index in [0.717, 1.165) is 4.47 Å². The number of carbonyl (C=O) groups excluding carboxylic acids is 1. The average molecular weight is 301 g/mol.